The fourth-order valence-corrected chi connectivity index (χ4v) is 1.60. The molecule has 2 aromatic rings. The lowest BCUT2D eigenvalue weighted by Gasteiger charge is -2.08. The predicted octanol–water partition coefficient (Wildman–Crippen LogP) is 1.78. The predicted molar refractivity (Wildman–Crippen MR) is 59.1 cm³/mol. The van der Waals surface area contributed by atoms with Gasteiger partial charge in [0.15, 0.2) is 0 Å². The van der Waals surface area contributed by atoms with E-state index in [9.17, 15) is 5.11 Å². The molecule has 0 saturated heterocycles. The van der Waals surface area contributed by atoms with Crippen molar-refractivity contribution in [1.82, 2.24) is 9.78 Å². The minimum atomic E-state index is 0.0834. The summed E-state index contributed by atoms with van der Waals surface area (Å²) in [5.74, 6) is 0.0834. The molecule has 0 unspecified atom stereocenters. The Bertz CT molecular complexity index is 503. The molecule has 1 aromatic carbocycles. The summed E-state index contributed by atoms with van der Waals surface area (Å²) in [6.07, 6.45) is 0. The third kappa shape index (κ3) is 1.54. The Morgan fingerprint density at radius 2 is 2.07 bits per heavy atom. The van der Waals surface area contributed by atoms with Crippen LogP contribution in [0.3, 0.4) is 0 Å². The van der Waals surface area contributed by atoms with E-state index < -0.39 is 0 Å². The highest BCUT2D eigenvalue weighted by molar-refractivity contribution is 5.65. The number of aromatic nitrogens is 2. The molecule has 78 valence electrons. The Morgan fingerprint density at radius 3 is 2.67 bits per heavy atom. The Balaban J connectivity index is 2.64. The molecule has 0 aliphatic rings. The van der Waals surface area contributed by atoms with Gasteiger partial charge in [0.2, 0.25) is 0 Å². The van der Waals surface area contributed by atoms with Crippen molar-refractivity contribution in [1.29, 1.82) is 0 Å². The zero-order chi connectivity index (χ0) is 11.0. The van der Waals surface area contributed by atoms with Gasteiger partial charge in [0.25, 0.3) is 0 Å². The summed E-state index contributed by atoms with van der Waals surface area (Å²) in [6, 6.07) is 7.10. The van der Waals surface area contributed by atoms with Gasteiger partial charge in [0.05, 0.1) is 11.4 Å². The van der Waals surface area contributed by atoms with Gasteiger partial charge < -0.3 is 10.8 Å². The normalized spacial score (nSPS) is 10.5. The summed E-state index contributed by atoms with van der Waals surface area (Å²) in [4.78, 5) is 0. The summed E-state index contributed by atoms with van der Waals surface area (Å²) in [5.41, 5.74) is 8.76. The van der Waals surface area contributed by atoms with Crippen molar-refractivity contribution in [2.75, 3.05) is 5.73 Å². The summed E-state index contributed by atoms with van der Waals surface area (Å²) in [7, 11) is 0. The largest absolute Gasteiger partial charge is 0.506 e. The summed E-state index contributed by atoms with van der Waals surface area (Å²) in [6.45, 7) is 3.87. The number of hydrogen-bond acceptors (Lipinski definition) is 3. The molecule has 0 fully saturated rings. The Hall–Kier alpha value is -1.97. The number of para-hydroxylation sites is 1. The minimum Gasteiger partial charge on any atom is -0.506 e. The maximum Gasteiger partial charge on any atom is 0.140 e. The molecule has 2 rings (SSSR count). The van der Waals surface area contributed by atoms with Crippen molar-refractivity contribution < 1.29 is 5.11 Å². The Morgan fingerprint density at radius 1 is 1.33 bits per heavy atom. The van der Waals surface area contributed by atoms with Gasteiger partial charge in [-0.3, -0.25) is 0 Å². The number of phenols is 1. The monoisotopic (exact) mass is 203 g/mol. The molecule has 4 heteroatoms. The maximum atomic E-state index is 9.49. The highest BCUT2D eigenvalue weighted by atomic mass is 16.3. The van der Waals surface area contributed by atoms with Gasteiger partial charge in [0, 0.05) is 5.69 Å². The first-order valence-electron chi connectivity index (χ1n) is 4.70. The van der Waals surface area contributed by atoms with Crippen molar-refractivity contribution >= 4 is 5.69 Å². The van der Waals surface area contributed by atoms with E-state index in [0.717, 1.165) is 11.4 Å². The zero-order valence-corrected chi connectivity index (χ0v) is 8.73. The lowest BCUT2D eigenvalue weighted by Crippen LogP contribution is -2.03. The van der Waals surface area contributed by atoms with Crippen molar-refractivity contribution in [3.05, 3.63) is 35.7 Å². The topological polar surface area (TPSA) is 64.1 Å². The van der Waals surface area contributed by atoms with Crippen LogP contribution in [0.1, 0.15) is 11.4 Å². The number of nitrogens with two attached hydrogens (primary N) is 1. The van der Waals surface area contributed by atoms with Crippen LogP contribution in [0.15, 0.2) is 24.3 Å². The summed E-state index contributed by atoms with van der Waals surface area (Å²) >= 11 is 0. The second-order valence-electron chi connectivity index (χ2n) is 3.55. The molecule has 0 spiro atoms. The smallest absolute Gasteiger partial charge is 0.140 e. The van der Waals surface area contributed by atoms with E-state index in [1.165, 1.54) is 0 Å². The van der Waals surface area contributed by atoms with E-state index >= 15 is 0 Å². The number of rotatable bonds is 1. The van der Waals surface area contributed by atoms with Crippen LogP contribution in [0.2, 0.25) is 0 Å². The van der Waals surface area contributed by atoms with Crippen molar-refractivity contribution in [2.24, 2.45) is 0 Å². The number of anilines is 1. The molecule has 0 aliphatic carbocycles. The molecular formula is C11H13N3O. The van der Waals surface area contributed by atoms with Gasteiger partial charge in [-0.25, -0.2) is 4.68 Å². The standard InChI is InChI=1S/C11H13N3O/c1-7-6-8(2)14(13-7)9-4-3-5-10(15)11(9)12/h3-6,15H,12H2,1-2H3. The molecule has 0 amide bonds. The van der Waals surface area contributed by atoms with E-state index in [-0.39, 0.29) is 5.75 Å². The zero-order valence-electron chi connectivity index (χ0n) is 8.73. The summed E-state index contributed by atoms with van der Waals surface area (Å²) in [5, 5.41) is 13.8. The lowest BCUT2D eigenvalue weighted by atomic mass is 10.2. The van der Waals surface area contributed by atoms with Gasteiger partial charge in [-0.15, -0.1) is 0 Å². The SMILES string of the molecule is Cc1cc(C)n(-c2cccc(O)c2N)n1. The molecule has 1 aromatic heterocycles. The van der Waals surface area contributed by atoms with Crippen LogP contribution in [-0.2, 0) is 0 Å². The van der Waals surface area contributed by atoms with Crippen LogP contribution < -0.4 is 5.73 Å². The second kappa shape index (κ2) is 3.31. The molecule has 4 nitrogen and oxygen atoms in total. The van der Waals surface area contributed by atoms with Crippen LogP contribution in [0.5, 0.6) is 5.75 Å². The van der Waals surface area contributed by atoms with Crippen molar-refractivity contribution in [2.45, 2.75) is 13.8 Å². The van der Waals surface area contributed by atoms with Crippen LogP contribution in [0, 0.1) is 13.8 Å². The van der Waals surface area contributed by atoms with Crippen molar-refractivity contribution in [3.8, 4) is 11.4 Å². The highest BCUT2D eigenvalue weighted by Crippen LogP contribution is 2.27. The number of aromatic hydroxyl groups is 1. The summed E-state index contributed by atoms with van der Waals surface area (Å²) < 4.78 is 1.73. The quantitative estimate of drug-likeness (QED) is 0.548. The number of hydrogen-bond donors (Lipinski definition) is 2. The van der Waals surface area contributed by atoms with Gasteiger partial charge in [0.1, 0.15) is 11.4 Å². The maximum absolute atomic E-state index is 9.49. The lowest BCUT2D eigenvalue weighted by molar-refractivity contribution is 0.477. The molecule has 0 bridgehead atoms. The van der Waals surface area contributed by atoms with Gasteiger partial charge in [-0.1, -0.05) is 6.07 Å². The Labute approximate surface area is 88.0 Å². The van der Waals surface area contributed by atoms with Gasteiger partial charge in [-0.2, -0.15) is 5.10 Å². The number of benzene rings is 1. The van der Waals surface area contributed by atoms with E-state index in [1.807, 2.05) is 26.0 Å². The average molecular weight is 203 g/mol. The van der Waals surface area contributed by atoms with Crippen LogP contribution >= 0.6 is 0 Å². The molecule has 1 heterocycles. The van der Waals surface area contributed by atoms with Gasteiger partial charge >= 0.3 is 0 Å². The van der Waals surface area contributed by atoms with E-state index in [2.05, 4.69) is 5.10 Å². The first-order valence-corrected chi connectivity index (χ1v) is 4.70. The second-order valence-corrected chi connectivity index (χ2v) is 3.55. The average Bonchev–Trinajstić information content (AvgIpc) is 2.50. The molecule has 15 heavy (non-hydrogen) atoms. The molecule has 0 aliphatic heterocycles. The number of nitrogens with zero attached hydrogens (tertiary/aromatic N) is 2. The number of aryl methyl sites for hydroxylation is 2. The number of nitrogen functional groups attached to an aromatic ring is 1. The fourth-order valence-electron chi connectivity index (χ4n) is 1.60. The first-order chi connectivity index (χ1) is 7.09. The molecule has 3 N–H and O–H groups in total. The van der Waals surface area contributed by atoms with Crippen LogP contribution in [-0.4, -0.2) is 14.9 Å². The molecule has 0 atom stereocenters. The van der Waals surface area contributed by atoms with E-state index in [4.69, 9.17) is 5.73 Å². The molecule has 0 radical (unpaired) electrons. The Kier molecular flexibility index (Phi) is 2.11. The van der Waals surface area contributed by atoms with Crippen LogP contribution in [0.25, 0.3) is 5.69 Å². The third-order valence-electron chi connectivity index (χ3n) is 2.30. The minimum absolute atomic E-state index is 0.0834. The molecular weight excluding hydrogens is 190 g/mol. The number of phenolic OH excluding ortho intramolecular Hbond substituents is 1. The van der Waals surface area contributed by atoms with Gasteiger partial charge in [-0.05, 0) is 32.0 Å². The fraction of sp³-hybridized carbons (Fsp3) is 0.182. The first kappa shape index (κ1) is 9.58. The van der Waals surface area contributed by atoms with Crippen LogP contribution in [0.4, 0.5) is 5.69 Å². The highest BCUT2D eigenvalue weighted by Gasteiger charge is 2.09. The van der Waals surface area contributed by atoms with E-state index in [1.54, 1.807) is 16.8 Å². The molecule has 0 saturated carbocycles. The van der Waals surface area contributed by atoms with Crippen molar-refractivity contribution in [3.63, 3.8) is 0 Å². The third-order valence-corrected chi connectivity index (χ3v) is 2.30. The van der Waals surface area contributed by atoms with E-state index in [0.29, 0.717) is 11.4 Å².